The smallest absolute Gasteiger partial charge is 0.202 e. The van der Waals surface area contributed by atoms with Crippen LogP contribution in [-0.4, -0.2) is 32.3 Å². The lowest BCUT2D eigenvalue weighted by atomic mass is 9.90. The van der Waals surface area contributed by atoms with Crippen LogP contribution in [0.4, 0.5) is 0 Å². The van der Waals surface area contributed by atoms with Crippen LogP contribution in [-0.2, 0) is 6.42 Å². The van der Waals surface area contributed by atoms with Gasteiger partial charge in [0.25, 0.3) is 0 Å². The molecule has 2 aromatic carbocycles. The molecule has 0 fully saturated rings. The van der Waals surface area contributed by atoms with Crippen LogP contribution in [0.25, 0.3) is 0 Å². The van der Waals surface area contributed by atoms with Gasteiger partial charge >= 0.3 is 0 Å². The maximum atomic E-state index is 12.9. The highest BCUT2D eigenvalue weighted by molar-refractivity contribution is 6.06. The first-order valence-corrected chi connectivity index (χ1v) is 10.2. The van der Waals surface area contributed by atoms with Gasteiger partial charge in [-0.25, -0.2) is 0 Å². The van der Waals surface area contributed by atoms with Gasteiger partial charge in [-0.2, -0.15) is 0 Å². The summed E-state index contributed by atoms with van der Waals surface area (Å²) in [5, 5.41) is 41.2. The number of ketones is 1. The molecule has 0 saturated heterocycles. The van der Waals surface area contributed by atoms with E-state index in [4.69, 9.17) is 4.74 Å². The minimum Gasteiger partial charge on any atom is -0.508 e. The second kappa shape index (κ2) is 9.27. The highest BCUT2D eigenvalue weighted by Gasteiger charge is 2.40. The van der Waals surface area contributed by atoms with E-state index in [-0.39, 0.29) is 40.5 Å². The molecule has 0 spiro atoms. The van der Waals surface area contributed by atoms with Crippen molar-refractivity contribution in [3.8, 4) is 23.0 Å². The first-order chi connectivity index (χ1) is 14.7. The summed E-state index contributed by atoms with van der Waals surface area (Å²) in [5.74, 6) is -1.18. The molecule has 2 aromatic rings. The number of benzene rings is 2. The number of rotatable bonds is 6. The Labute approximate surface area is 181 Å². The van der Waals surface area contributed by atoms with Crippen LogP contribution in [0.2, 0.25) is 0 Å². The van der Waals surface area contributed by atoms with Crippen molar-refractivity contribution in [3.05, 3.63) is 70.3 Å². The third-order valence-corrected chi connectivity index (χ3v) is 5.37. The molecule has 1 aliphatic heterocycles. The van der Waals surface area contributed by atoms with Gasteiger partial charge in [-0.15, -0.1) is 0 Å². The van der Waals surface area contributed by atoms with Crippen LogP contribution >= 0.6 is 0 Å². The number of aliphatic hydroxyl groups is 1. The van der Waals surface area contributed by atoms with Crippen molar-refractivity contribution < 1.29 is 30.0 Å². The first-order valence-electron chi connectivity index (χ1n) is 10.2. The first kappa shape index (κ1) is 22.4. The Morgan fingerprint density at radius 1 is 1.06 bits per heavy atom. The SMILES string of the molecule is CC(C)=CCC/C(C)=C/Cc1c(O)cc2c(c1O)C(=O)[C@@H](O)[C@H](c1ccc(O)cc1)O2. The normalized spacial score (nSPS) is 18.3. The second-order valence-electron chi connectivity index (χ2n) is 8.11. The number of aromatic hydroxyl groups is 3. The number of allylic oxidation sites excluding steroid dienone is 4. The summed E-state index contributed by atoms with van der Waals surface area (Å²) in [6, 6.07) is 7.23. The molecule has 0 aliphatic carbocycles. The molecular weight excluding hydrogens is 396 g/mol. The summed E-state index contributed by atoms with van der Waals surface area (Å²) in [4.78, 5) is 12.9. The van der Waals surface area contributed by atoms with Gasteiger partial charge in [0.1, 0.15) is 28.6 Å². The predicted molar refractivity (Wildman–Crippen MR) is 118 cm³/mol. The molecule has 0 aromatic heterocycles. The van der Waals surface area contributed by atoms with Crippen molar-refractivity contribution >= 4 is 5.78 Å². The van der Waals surface area contributed by atoms with E-state index >= 15 is 0 Å². The molecule has 6 heteroatoms. The summed E-state index contributed by atoms with van der Waals surface area (Å²) in [6.07, 6.45) is 3.52. The van der Waals surface area contributed by atoms with E-state index in [9.17, 15) is 25.2 Å². The molecule has 1 aliphatic rings. The Morgan fingerprint density at radius 3 is 2.39 bits per heavy atom. The van der Waals surface area contributed by atoms with Crippen molar-refractivity contribution in [1.29, 1.82) is 0 Å². The Balaban J connectivity index is 1.87. The zero-order chi connectivity index (χ0) is 22.7. The van der Waals surface area contributed by atoms with Crippen molar-refractivity contribution in [2.24, 2.45) is 0 Å². The summed E-state index contributed by atoms with van der Waals surface area (Å²) in [5.41, 5.74) is 2.92. The third kappa shape index (κ3) is 4.91. The third-order valence-electron chi connectivity index (χ3n) is 5.37. The molecule has 0 radical (unpaired) electrons. The number of phenolic OH excluding ortho intramolecular Hbond substituents is 3. The topological polar surface area (TPSA) is 107 Å². The van der Waals surface area contributed by atoms with Gasteiger partial charge in [-0.3, -0.25) is 4.79 Å². The van der Waals surface area contributed by atoms with Crippen LogP contribution in [0.3, 0.4) is 0 Å². The molecule has 31 heavy (non-hydrogen) atoms. The number of hydrogen-bond acceptors (Lipinski definition) is 6. The Hall–Kier alpha value is -3.25. The van der Waals surface area contributed by atoms with Crippen LogP contribution in [0, 0.1) is 0 Å². The monoisotopic (exact) mass is 424 g/mol. The minimum absolute atomic E-state index is 0.0105. The molecule has 6 nitrogen and oxygen atoms in total. The van der Waals surface area contributed by atoms with Crippen LogP contribution in [0.15, 0.2) is 53.6 Å². The average Bonchev–Trinajstić information content (AvgIpc) is 2.70. The van der Waals surface area contributed by atoms with E-state index in [0.29, 0.717) is 5.56 Å². The molecule has 0 bridgehead atoms. The van der Waals surface area contributed by atoms with Gasteiger partial charge < -0.3 is 25.2 Å². The highest BCUT2D eigenvalue weighted by Crippen LogP contribution is 2.45. The van der Waals surface area contributed by atoms with E-state index < -0.39 is 18.0 Å². The Kier molecular flexibility index (Phi) is 6.71. The molecule has 164 valence electrons. The lowest BCUT2D eigenvalue weighted by molar-refractivity contribution is 0.0210. The highest BCUT2D eigenvalue weighted by atomic mass is 16.5. The molecule has 1 heterocycles. The standard InChI is InChI=1S/C25H28O6/c1-14(2)5-4-6-15(3)7-12-18-19(27)13-20-21(22(18)28)23(29)24(30)25(31-20)16-8-10-17(26)11-9-16/h5,7-11,13,24-28,30H,4,6,12H2,1-3H3/b15-7+/t24-,25+/m1/s1. The maximum absolute atomic E-state index is 12.9. The number of Topliss-reactive ketones (excluding diaryl/α,β-unsaturated/α-hetero) is 1. The molecule has 0 saturated carbocycles. The zero-order valence-corrected chi connectivity index (χ0v) is 17.9. The fourth-order valence-corrected chi connectivity index (χ4v) is 3.57. The number of ether oxygens (including phenoxy) is 1. The second-order valence-corrected chi connectivity index (χ2v) is 8.11. The van der Waals surface area contributed by atoms with Gasteiger partial charge in [0, 0.05) is 11.6 Å². The van der Waals surface area contributed by atoms with Gasteiger partial charge in [-0.05, 0) is 57.7 Å². The average molecular weight is 424 g/mol. The molecular formula is C25H28O6. The molecule has 0 unspecified atom stereocenters. The van der Waals surface area contributed by atoms with E-state index in [1.807, 2.05) is 26.8 Å². The van der Waals surface area contributed by atoms with Crippen LogP contribution < -0.4 is 4.74 Å². The number of fused-ring (bicyclic) bond motifs is 1. The molecule has 3 rings (SSSR count). The quantitative estimate of drug-likeness (QED) is 0.500. The van der Waals surface area contributed by atoms with Crippen molar-refractivity contribution in [3.63, 3.8) is 0 Å². The Morgan fingerprint density at radius 2 is 1.74 bits per heavy atom. The number of carbonyl (C=O) groups excluding carboxylic acids is 1. The molecule has 0 amide bonds. The van der Waals surface area contributed by atoms with E-state index in [1.165, 1.54) is 23.8 Å². The predicted octanol–water partition coefficient (Wildman–Crippen LogP) is 4.72. The van der Waals surface area contributed by atoms with Gasteiger partial charge in [0.2, 0.25) is 5.78 Å². The lowest BCUT2D eigenvalue weighted by Crippen LogP contribution is -2.36. The van der Waals surface area contributed by atoms with Crippen LogP contribution in [0.1, 0.15) is 61.2 Å². The fourth-order valence-electron chi connectivity index (χ4n) is 3.57. The number of carbonyl (C=O) groups is 1. The summed E-state index contributed by atoms with van der Waals surface area (Å²) >= 11 is 0. The van der Waals surface area contributed by atoms with Crippen molar-refractivity contribution in [2.45, 2.75) is 52.2 Å². The summed E-state index contributed by atoms with van der Waals surface area (Å²) in [7, 11) is 0. The summed E-state index contributed by atoms with van der Waals surface area (Å²) in [6.45, 7) is 6.07. The zero-order valence-electron chi connectivity index (χ0n) is 17.9. The number of hydrogen-bond donors (Lipinski definition) is 4. The van der Waals surface area contributed by atoms with Gasteiger partial charge in [-0.1, -0.05) is 35.4 Å². The van der Waals surface area contributed by atoms with Crippen molar-refractivity contribution in [2.75, 3.05) is 0 Å². The maximum Gasteiger partial charge on any atom is 0.202 e. The van der Waals surface area contributed by atoms with E-state index in [0.717, 1.165) is 18.4 Å². The van der Waals surface area contributed by atoms with Gasteiger partial charge in [0.05, 0.1) is 0 Å². The number of phenols is 3. The van der Waals surface area contributed by atoms with Gasteiger partial charge in [0.15, 0.2) is 12.2 Å². The van der Waals surface area contributed by atoms with Crippen LogP contribution in [0.5, 0.6) is 23.0 Å². The van der Waals surface area contributed by atoms with E-state index in [2.05, 4.69) is 6.08 Å². The minimum atomic E-state index is -1.53. The van der Waals surface area contributed by atoms with E-state index in [1.54, 1.807) is 12.1 Å². The number of aliphatic hydroxyl groups excluding tert-OH is 1. The Bertz CT molecular complexity index is 1030. The largest absolute Gasteiger partial charge is 0.508 e. The molecule has 2 atom stereocenters. The lowest BCUT2D eigenvalue weighted by Gasteiger charge is -2.30. The summed E-state index contributed by atoms with van der Waals surface area (Å²) < 4.78 is 5.76. The molecule has 4 N–H and O–H groups in total. The fraction of sp³-hybridized carbons (Fsp3) is 0.320. The van der Waals surface area contributed by atoms with Crippen molar-refractivity contribution in [1.82, 2.24) is 0 Å².